The number of benzene rings is 2. The number of esters is 1. The first kappa shape index (κ1) is 15.3. The fraction of sp³-hybridized carbons (Fsp3) is 0.111. The highest BCUT2D eigenvalue weighted by Crippen LogP contribution is 2.22. The van der Waals surface area contributed by atoms with E-state index in [1.54, 1.807) is 35.2 Å². The molecule has 0 saturated heterocycles. The Morgan fingerprint density at radius 2 is 1.96 bits per heavy atom. The second-order valence-corrected chi connectivity index (χ2v) is 5.56. The zero-order chi connectivity index (χ0) is 16.2. The van der Waals surface area contributed by atoms with E-state index in [-0.39, 0.29) is 6.04 Å². The molecule has 0 aliphatic carbocycles. The van der Waals surface area contributed by atoms with E-state index in [2.05, 4.69) is 4.98 Å². The maximum absolute atomic E-state index is 12.4. The summed E-state index contributed by atoms with van der Waals surface area (Å²) in [5.74, 6) is -0.0600. The van der Waals surface area contributed by atoms with E-state index in [9.17, 15) is 4.79 Å². The lowest BCUT2D eigenvalue weighted by molar-refractivity contribution is 0.0722. The Bertz CT molecular complexity index is 815. The molecule has 0 N–H and O–H groups in total. The summed E-state index contributed by atoms with van der Waals surface area (Å²) in [6, 6.07) is 16.6. The van der Waals surface area contributed by atoms with Gasteiger partial charge in [0.05, 0.1) is 18.6 Å². The lowest BCUT2D eigenvalue weighted by atomic mass is 10.1. The number of imidazole rings is 1. The Kier molecular flexibility index (Phi) is 4.44. The number of carbonyl (C=O) groups is 1. The smallest absolute Gasteiger partial charge is 0.362 e. The minimum Gasteiger partial charge on any atom is -0.422 e. The number of rotatable bonds is 4. The van der Waals surface area contributed by atoms with Gasteiger partial charge in [0, 0.05) is 5.02 Å². The largest absolute Gasteiger partial charge is 0.422 e. The van der Waals surface area contributed by atoms with Gasteiger partial charge < -0.3 is 9.30 Å². The third-order valence-corrected chi connectivity index (χ3v) is 3.82. The molecule has 3 rings (SSSR count). The zero-order valence-corrected chi connectivity index (χ0v) is 13.3. The van der Waals surface area contributed by atoms with Gasteiger partial charge in [-0.25, -0.2) is 9.78 Å². The van der Waals surface area contributed by atoms with Crippen LogP contribution in [0.4, 0.5) is 0 Å². The van der Waals surface area contributed by atoms with Gasteiger partial charge in [0.1, 0.15) is 11.4 Å². The van der Waals surface area contributed by atoms with Gasteiger partial charge in [0.25, 0.3) is 0 Å². The third kappa shape index (κ3) is 3.43. The number of aromatic nitrogens is 2. The second kappa shape index (κ2) is 6.67. The predicted octanol–water partition coefficient (Wildman–Crippen LogP) is 4.37. The number of hydrogen-bond donors (Lipinski definition) is 0. The number of nitrogens with zero attached hydrogens (tertiary/aromatic N) is 2. The Labute approximate surface area is 139 Å². The average molecular weight is 327 g/mol. The summed E-state index contributed by atoms with van der Waals surface area (Å²) < 4.78 is 7.18. The molecule has 0 unspecified atom stereocenters. The van der Waals surface area contributed by atoms with E-state index in [1.165, 1.54) is 6.20 Å². The van der Waals surface area contributed by atoms with Gasteiger partial charge in [-0.15, -0.1) is 0 Å². The first-order valence-corrected chi connectivity index (χ1v) is 7.57. The maximum atomic E-state index is 12.4. The van der Waals surface area contributed by atoms with Crippen LogP contribution in [-0.2, 0) is 0 Å². The molecule has 23 heavy (non-hydrogen) atoms. The highest BCUT2D eigenvalue weighted by molar-refractivity contribution is 6.30. The minimum atomic E-state index is -0.465. The van der Waals surface area contributed by atoms with Crippen molar-refractivity contribution < 1.29 is 9.53 Å². The van der Waals surface area contributed by atoms with Gasteiger partial charge in [-0.2, -0.15) is 0 Å². The van der Waals surface area contributed by atoms with Gasteiger partial charge in [0.15, 0.2) is 0 Å². The van der Waals surface area contributed by atoms with E-state index in [1.807, 2.05) is 37.3 Å². The number of ether oxygens (including phenoxy) is 1. The zero-order valence-electron chi connectivity index (χ0n) is 12.5. The Balaban J connectivity index is 1.84. The summed E-state index contributed by atoms with van der Waals surface area (Å²) in [7, 11) is 0. The van der Waals surface area contributed by atoms with Crippen molar-refractivity contribution in [1.82, 2.24) is 9.55 Å². The van der Waals surface area contributed by atoms with Crippen LogP contribution in [0.15, 0.2) is 67.1 Å². The molecule has 0 bridgehead atoms. The van der Waals surface area contributed by atoms with Crippen LogP contribution in [0, 0.1) is 0 Å². The third-order valence-electron chi connectivity index (χ3n) is 3.58. The van der Waals surface area contributed by atoms with Crippen molar-refractivity contribution in [3.63, 3.8) is 0 Å². The fourth-order valence-corrected chi connectivity index (χ4v) is 2.53. The molecule has 1 atom stereocenters. The lowest BCUT2D eigenvalue weighted by Crippen LogP contribution is -2.17. The quantitative estimate of drug-likeness (QED) is 0.528. The van der Waals surface area contributed by atoms with Crippen LogP contribution in [0.2, 0.25) is 5.02 Å². The van der Waals surface area contributed by atoms with Crippen molar-refractivity contribution in [2.75, 3.05) is 0 Å². The van der Waals surface area contributed by atoms with Crippen LogP contribution < -0.4 is 4.74 Å². The van der Waals surface area contributed by atoms with Crippen molar-refractivity contribution in [3.05, 3.63) is 83.4 Å². The van der Waals surface area contributed by atoms with Crippen LogP contribution >= 0.6 is 11.6 Å². The first-order valence-electron chi connectivity index (χ1n) is 7.19. The molecule has 0 saturated carbocycles. The molecule has 1 heterocycles. The molecule has 0 spiro atoms. The van der Waals surface area contributed by atoms with Crippen LogP contribution in [-0.4, -0.2) is 15.5 Å². The summed E-state index contributed by atoms with van der Waals surface area (Å²) >= 11 is 5.91. The van der Waals surface area contributed by atoms with Crippen LogP contribution in [0.25, 0.3) is 0 Å². The minimum absolute atomic E-state index is 0.0272. The molecule has 116 valence electrons. The monoisotopic (exact) mass is 326 g/mol. The van der Waals surface area contributed by atoms with Gasteiger partial charge in [-0.05, 0) is 30.7 Å². The molecule has 0 aliphatic rings. The standard InChI is InChI=1S/C18H15ClN2O2/c1-13(14-6-3-2-4-7-14)21-12-20-11-17(21)18(22)23-16-9-5-8-15(19)10-16/h2-13H,1H3/t13-/m1/s1. The van der Waals surface area contributed by atoms with Gasteiger partial charge in [0.2, 0.25) is 0 Å². The van der Waals surface area contributed by atoms with E-state index < -0.39 is 5.97 Å². The van der Waals surface area contributed by atoms with E-state index in [0.29, 0.717) is 16.5 Å². The Morgan fingerprint density at radius 1 is 1.17 bits per heavy atom. The van der Waals surface area contributed by atoms with Crippen LogP contribution in [0.3, 0.4) is 0 Å². The second-order valence-electron chi connectivity index (χ2n) is 5.12. The fourth-order valence-electron chi connectivity index (χ4n) is 2.35. The average Bonchev–Trinajstić information content (AvgIpc) is 3.05. The molecule has 0 amide bonds. The summed E-state index contributed by atoms with van der Waals surface area (Å²) in [4.78, 5) is 16.5. The van der Waals surface area contributed by atoms with Crippen LogP contribution in [0.5, 0.6) is 5.75 Å². The number of carbonyl (C=O) groups excluding carboxylic acids is 1. The van der Waals surface area contributed by atoms with E-state index >= 15 is 0 Å². The van der Waals surface area contributed by atoms with Gasteiger partial charge >= 0.3 is 5.97 Å². The van der Waals surface area contributed by atoms with E-state index in [0.717, 1.165) is 5.56 Å². The molecular weight excluding hydrogens is 312 g/mol. The number of hydrogen-bond acceptors (Lipinski definition) is 3. The molecular formula is C18H15ClN2O2. The van der Waals surface area contributed by atoms with Crippen molar-refractivity contribution in [1.29, 1.82) is 0 Å². The van der Waals surface area contributed by atoms with E-state index in [4.69, 9.17) is 16.3 Å². The lowest BCUT2D eigenvalue weighted by Gasteiger charge is -2.16. The maximum Gasteiger partial charge on any atom is 0.362 e. The van der Waals surface area contributed by atoms with Crippen molar-refractivity contribution >= 4 is 17.6 Å². The molecule has 0 aliphatic heterocycles. The Morgan fingerprint density at radius 3 is 2.70 bits per heavy atom. The summed E-state index contributed by atoms with van der Waals surface area (Å²) in [6.45, 7) is 2.01. The highest BCUT2D eigenvalue weighted by atomic mass is 35.5. The SMILES string of the molecule is C[C@H](c1ccccc1)n1cncc1C(=O)Oc1cccc(Cl)c1. The summed E-state index contributed by atoms with van der Waals surface area (Å²) in [5, 5.41) is 0.515. The molecule has 4 nitrogen and oxygen atoms in total. The van der Waals surface area contributed by atoms with Gasteiger partial charge in [-0.3, -0.25) is 0 Å². The van der Waals surface area contributed by atoms with Gasteiger partial charge in [-0.1, -0.05) is 48.0 Å². The summed E-state index contributed by atoms with van der Waals surface area (Å²) in [5.41, 5.74) is 1.48. The normalized spacial score (nSPS) is 11.9. The predicted molar refractivity (Wildman–Crippen MR) is 88.9 cm³/mol. The van der Waals surface area contributed by atoms with Crippen molar-refractivity contribution in [2.24, 2.45) is 0 Å². The topological polar surface area (TPSA) is 44.1 Å². The molecule has 5 heteroatoms. The Hall–Kier alpha value is -2.59. The van der Waals surface area contributed by atoms with Crippen molar-refractivity contribution in [2.45, 2.75) is 13.0 Å². The highest BCUT2D eigenvalue weighted by Gasteiger charge is 2.18. The summed E-state index contributed by atoms with van der Waals surface area (Å²) in [6.07, 6.45) is 3.14. The van der Waals surface area contributed by atoms with Crippen molar-refractivity contribution in [3.8, 4) is 5.75 Å². The molecule has 2 aromatic carbocycles. The number of halogens is 1. The van der Waals surface area contributed by atoms with Crippen LogP contribution in [0.1, 0.15) is 29.0 Å². The molecule has 3 aromatic rings. The molecule has 0 fully saturated rings. The first-order chi connectivity index (χ1) is 11.1. The molecule has 1 aromatic heterocycles. The molecule has 0 radical (unpaired) electrons.